The molecule has 0 fully saturated rings. The Hall–Kier alpha value is 2.35. The Morgan fingerprint density at radius 1 is 1.00 bits per heavy atom. The third kappa shape index (κ3) is 8.84. The largest absolute Gasteiger partial charge is 0 e. The Labute approximate surface area is 73.7 Å². The van der Waals surface area contributed by atoms with E-state index in [1.807, 2.05) is 0 Å². The minimum absolute atomic E-state index is 0. The Bertz CT molecular complexity index is 8.00. The van der Waals surface area contributed by atoms with Crippen molar-refractivity contribution in [3.8, 4) is 0 Å². The van der Waals surface area contributed by atoms with E-state index >= 15 is 0 Å². The van der Waals surface area contributed by atoms with Crippen LogP contribution in [0.2, 0.25) is 0 Å². The Balaban J connectivity index is 0. The van der Waals surface area contributed by atoms with Gasteiger partial charge in [-0.2, -0.15) is 0 Å². The van der Waals surface area contributed by atoms with Gasteiger partial charge < -0.3 is 0 Å². The molecule has 0 aromatic heterocycles. The fourth-order valence-corrected chi connectivity index (χ4v) is 0. The first-order chi connectivity index (χ1) is 0. The van der Waals surface area contributed by atoms with Gasteiger partial charge in [-0.1, -0.05) is 0 Å². The van der Waals surface area contributed by atoms with E-state index in [0.717, 1.165) is 0 Å². The van der Waals surface area contributed by atoms with Crippen LogP contribution in [0.3, 0.4) is 0 Å². The van der Waals surface area contributed by atoms with E-state index in [4.69, 9.17) is 0 Å². The van der Waals surface area contributed by atoms with Crippen molar-refractivity contribution in [2.75, 3.05) is 0 Å². The van der Waals surface area contributed by atoms with Gasteiger partial charge in [0.2, 0.25) is 0 Å². The summed E-state index contributed by atoms with van der Waals surface area (Å²) in [6.45, 7) is 0. The minimum atomic E-state index is 0. The van der Waals surface area contributed by atoms with Gasteiger partial charge >= 0.3 is 38.7 Å². The zero-order valence-corrected chi connectivity index (χ0v) is 1.84. The summed E-state index contributed by atoms with van der Waals surface area (Å²) in [5.41, 5.74) is 0. The first-order valence-corrected chi connectivity index (χ1v) is 0. The SMILES string of the molecule is [AlH3].[GaH3].[LiH].[V]. The van der Waals surface area contributed by atoms with Crippen molar-refractivity contribution in [2.45, 2.75) is 0 Å². The fraction of sp³-hybridized carbons (Fsp3) is 0. The van der Waals surface area contributed by atoms with Crippen LogP contribution in [0.4, 0.5) is 0 Å². The summed E-state index contributed by atoms with van der Waals surface area (Å²) < 4.78 is 0. The maximum absolute atomic E-state index is 0. The zero-order chi connectivity index (χ0) is 0. The standard InChI is InChI=1S/Al.Ga.Li.V.7H. The zero-order valence-electron chi connectivity index (χ0n) is 0.447. The molecule has 0 saturated carbocycles. The molecule has 0 aliphatic rings. The van der Waals surface area contributed by atoms with E-state index < -0.39 is 0 Å². The van der Waals surface area contributed by atoms with Gasteiger partial charge in [0.15, 0.2) is 17.4 Å². The smallest absolute Gasteiger partial charge is 0 e. The van der Waals surface area contributed by atoms with Crippen molar-refractivity contribution >= 4 is 56.0 Å². The molecule has 1 radical (unpaired) electrons. The van der Waals surface area contributed by atoms with Crippen molar-refractivity contribution in [3.63, 3.8) is 0 Å². The van der Waals surface area contributed by atoms with Gasteiger partial charge in [-0.3, -0.25) is 0 Å². The van der Waals surface area contributed by atoms with Crippen LogP contribution in [0.1, 0.15) is 0 Å². The van der Waals surface area contributed by atoms with E-state index in [0.29, 0.717) is 0 Å². The van der Waals surface area contributed by atoms with Gasteiger partial charge in [0, 0.05) is 18.6 Å². The van der Waals surface area contributed by atoms with Crippen LogP contribution in [0, 0.1) is 0 Å². The molecule has 0 bridgehead atoms. The molecule has 0 N–H and O–H groups in total. The maximum atomic E-state index is 0. The van der Waals surface area contributed by atoms with Crippen LogP contribution < -0.4 is 0 Å². The molecular weight excluding hydrogens is 155 g/mol. The quantitative estimate of drug-likeness (QED) is 0.332. The molecule has 0 unspecified atom stereocenters. The molecule has 0 heterocycles. The van der Waals surface area contributed by atoms with Crippen molar-refractivity contribution in [2.24, 2.45) is 0 Å². The third-order valence-corrected chi connectivity index (χ3v) is 0. The second-order valence-corrected chi connectivity index (χ2v) is 0. The van der Waals surface area contributed by atoms with Gasteiger partial charge in [-0.25, -0.2) is 0 Å². The molecule has 4 heavy (non-hydrogen) atoms. The van der Waals surface area contributed by atoms with Crippen LogP contribution in [-0.2, 0) is 18.6 Å². The summed E-state index contributed by atoms with van der Waals surface area (Å²) in [4.78, 5) is 0. The molecule has 19 valence electrons. The average molecular weight is 162 g/mol. The molecular formula is H7AlGaLiV. The van der Waals surface area contributed by atoms with E-state index in [2.05, 4.69) is 0 Å². The summed E-state index contributed by atoms with van der Waals surface area (Å²) in [6.07, 6.45) is 0. The van der Waals surface area contributed by atoms with E-state index in [9.17, 15) is 0 Å². The maximum Gasteiger partial charge on any atom is 0 e. The molecule has 0 amide bonds. The topological polar surface area (TPSA) is 0 Å². The molecule has 0 nitrogen and oxygen atoms in total. The summed E-state index contributed by atoms with van der Waals surface area (Å²) >= 11 is 0. The number of rotatable bonds is 0. The molecule has 0 aliphatic carbocycles. The molecule has 0 saturated heterocycles. The van der Waals surface area contributed by atoms with Crippen LogP contribution >= 0.6 is 0 Å². The van der Waals surface area contributed by atoms with Crippen LogP contribution in [0.15, 0.2) is 0 Å². The van der Waals surface area contributed by atoms with Gasteiger partial charge in [-0.15, -0.1) is 0 Å². The molecule has 4 heteroatoms. The molecule has 0 aliphatic heterocycles. The Kier molecular flexibility index (Phi) is 151. The van der Waals surface area contributed by atoms with Crippen LogP contribution in [0.25, 0.3) is 0 Å². The molecule has 0 atom stereocenters. The van der Waals surface area contributed by atoms with E-state index in [1.54, 1.807) is 0 Å². The summed E-state index contributed by atoms with van der Waals surface area (Å²) in [7, 11) is 0. The summed E-state index contributed by atoms with van der Waals surface area (Å²) in [5.74, 6) is 0. The number of hydrogen-bond donors (Lipinski definition) is 0. The second kappa shape index (κ2) is 18.3. The predicted molar refractivity (Wildman–Crippen MR) is 27.0 cm³/mol. The van der Waals surface area contributed by atoms with Gasteiger partial charge in [0.05, 0.1) is 0 Å². The van der Waals surface area contributed by atoms with Crippen molar-refractivity contribution in [1.29, 1.82) is 0 Å². The molecule has 0 aromatic carbocycles. The molecule has 0 spiro atoms. The number of hydrogen-bond acceptors (Lipinski definition) is 0. The van der Waals surface area contributed by atoms with Crippen molar-refractivity contribution in [3.05, 3.63) is 0 Å². The average Bonchev–Trinajstić information content (AvgIpc) is 0. The van der Waals surface area contributed by atoms with Crippen LogP contribution in [-0.4, -0.2) is 56.0 Å². The monoisotopic (exact) mass is 161 g/mol. The minimum Gasteiger partial charge on any atom is 0 e. The first-order valence-electron chi connectivity index (χ1n) is 0. The normalized spacial score (nSPS) is 0. The third-order valence-electron chi connectivity index (χ3n) is 0. The molecule has 0 rings (SSSR count). The Morgan fingerprint density at radius 3 is 1.00 bits per heavy atom. The first kappa shape index (κ1) is 32.9. The molecule has 0 aromatic rings. The summed E-state index contributed by atoms with van der Waals surface area (Å²) in [5, 5.41) is 0. The predicted octanol–water partition coefficient (Wildman–Crippen LogP) is -3.02. The summed E-state index contributed by atoms with van der Waals surface area (Å²) in [6, 6.07) is 0. The van der Waals surface area contributed by atoms with Crippen molar-refractivity contribution < 1.29 is 18.6 Å². The van der Waals surface area contributed by atoms with Gasteiger partial charge in [0.1, 0.15) is 0 Å². The van der Waals surface area contributed by atoms with Gasteiger partial charge in [0.25, 0.3) is 0 Å². The van der Waals surface area contributed by atoms with Gasteiger partial charge in [-0.05, 0) is 0 Å². The second-order valence-electron chi connectivity index (χ2n) is 0. The van der Waals surface area contributed by atoms with E-state index in [1.165, 1.54) is 0 Å². The Morgan fingerprint density at radius 2 is 1.00 bits per heavy atom. The van der Waals surface area contributed by atoms with Crippen molar-refractivity contribution in [1.82, 2.24) is 0 Å². The van der Waals surface area contributed by atoms with E-state index in [-0.39, 0.29) is 74.6 Å². The fourth-order valence-electron chi connectivity index (χ4n) is 0. The van der Waals surface area contributed by atoms with Crippen LogP contribution in [0.5, 0.6) is 0 Å².